The van der Waals surface area contributed by atoms with Crippen LogP contribution in [0.25, 0.3) is 0 Å². The molecule has 3 nitrogen and oxygen atoms in total. The van der Waals surface area contributed by atoms with Gasteiger partial charge in [0.1, 0.15) is 0 Å². The van der Waals surface area contributed by atoms with Crippen molar-refractivity contribution in [3.05, 3.63) is 0 Å². The molecule has 17 heavy (non-hydrogen) atoms. The van der Waals surface area contributed by atoms with Crippen molar-refractivity contribution >= 4 is 0 Å². The van der Waals surface area contributed by atoms with E-state index in [2.05, 4.69) is 11.8 Å². The van der Waals surface area contributed by atoms with E-state index in [9.17, 15) is 0 Å². The van der Waals surface area contributed by atoms with Crippen LogP contribution in [0.1, 0.15) is 47.0 Å². The first-order valence-electron chi connectivity index (χ1n) is 7.28. The van der Waals surface area contributed by atoms with Gasteiger partial charge in [0.2, 0.25) is 0 Å². The third-order valence-electron chi connectivity index (χ3n) is 2.81. The zero-order chi connectivity index (χ0) is 12.9. The van der Waals surface area contributed by atoms with E-state index in [-0.39, 0.29) is 0 Å². The summed E-state index contributed by atoms with van der Waals surface area (Å²) < 4.78 is 11.0. The molecule has 1 atom stereocenters. The number of unbranched alkanes of at least 4 members (excludes halogenated alkanes) is 2. The van der Waals surface area contributed by atoms with Crippen LogP contribution in [0.3, 0.4) is 0 Å². The van der Waals surface area contributed by atoms with Gasteiger partial charge in [0.25, 0.3) is 0 Å². The molecule has 0 aliphatic carbocycles. The molecule has 1 saturated heterocycles. The van der Waals surface area contributed by atoms with Crippen LogP contribution in [0.15, 0.2) is 0 Å². The molecule has 0 spiro atoms. The Kier molecular flexibility index (Phi) is 12.3. The molecule has 0 bridgehead atoms. The van der Waals surface area contributed by atoms with Crippen molar-refractivity contribution in [3.63, 3.8) is 0 Å². The fourth-order valence-corrected chi connectivity index (χ4v) is 1.92. The Labute approximate surface area is 107 Å². The van der Waals surface area contributed by atoms with Crippen molar-refractivity contribution in [2.24, 2.45) is 0 Å². The van der Waals surface area contributed by atoms with Crippen LogP contribution in [0.5, 0.6) is 0 Å². The van der Waals surface area contributed by atoms with Gasteiger partial charge in [0, 0.05) is 19.7 Å². The molecule has 3 heteroatoms. The summed E-state index contributed by atoms with van der Waals surface area (Å²) >= 11 is 0. The highest BCUT2D eigenvalue weighted by Gasteiger charge is 2.19. The van der Waals surface area contributed by atoms with Crippen LogP contribution < -0.4 is 0 Å². The highest BCUT2D eigenvalue weighted by Crippen LogP contribution is 2.07. The first kappa shape index (κ1) is 16.9. The third-order valence-corrected chi connectivity index (χ3v) is 2.81. The first-order chi connectivity index (χ1) is 8.36. The van der Waals surface area contributed by atoms with Crippen molar-refractivity contribution in [3.8, 4) is 0 Å². The molecule has 0 aromatic carbocycles. The number of nitrogens with zero attached hydrogens (tertiary/aromatic N) is 1. The first-order valence-corrected chi connectivity index (χ1v) is 7.28. The predicted octanol–water partition coefficient (Wildman–Crippen LogP) is 2.94. The number of rotatable bonds is 7. The molecular formula is C14H31NO2. The van der Waals surface area contributed by atoms with Crippen molar-refractivity contribution < 1.29 is 9.47 Å². The molecule has 0 aromatic heterocycles. The van der Waals surface area contributed by atoms with E-state index in [0.717, 1.165) is 32.9 Å². The van der Waals surface area contributed by atoms with E-state index in [4.69, 9.17) is 9.47 Å². The maximum atomic E-state index is 5.65. The summed E-state index contributed by atoms with van der Waals surface area (Å²) in [5.41, 5.74) is 0. The lowest BCUT2D eigenvalue weighted by Gasteiger charge is -2.32. The number of hydrogen-bond donors (Lipinski definition) is 0. The molecule has 1 fully saturated rings. The molecule has 0 aromatic rings. The van der Waals surface area contributed by atoms with Crippen LogP contribution in [-0.4, -0.2) is 50.5 Å². The normalized spacial score (nSPS) is 20.8. The van der Waals surface area contributed by atoms with Gasteiger partial charge in [-0.3, -0.25) is 4.90 Å². The van der Waals surface area contributed by atoms with E-state index in [1.54, 1.807) is 0 Å². The molecule has 0 N–H and O–H groups in total. The summed E-state index contributed by atoms with van der Waals surface area (Å²) in [5.74, 6) is 0. The largest absolute Gasteiger partial charge is 0.379 e. The van der Waals surface area contributed by atoms with Crippen LogP contribution in [0, 0.1) is 0 Å². The van der Waals surface area contributed by atoms with E-state index < -0.39 is 0 Å². The van der Waals surface area contributed by atoms with Gasteiger partial charge in [-0.25, -0.2) is 0 Å². The van der Waals surface area contributed by atoms with Crippen LogP contribution >= 0.6 is 0 Å². The van der Waals surface area contributed by atoms with Crippen LogP contribution in [-0.2, 0) is 9.47 Å². The lowest BCUT2D eigenvalue weighted by molar-refractivity contribution is -0.0675. The lowest BCUT2D eigenvalue weighted by atomic mass is 10.2. The van der Waals surface area contributed by atoms with E-state index in [1.807, 2.05) is 20.8 Å². The minimum atomic E-state index is 0.292. The van der Waals surface area contributed by atoms with Crippen molar-refractivity contribution in [1.29, 1.82) is 0 Å². The average molecular weight is 245 g/mol. The topological polar surface area (TPSA) is 21.7 Å². The fourth-order valence-electron chi connectivity index (χ4n) is 1.92. The number of ether oxygens (including phenoxy) is 2. The molecule has 1 heterocycles. The molecule has 0 unspecified atom stereocenters. The zero-order valence-corrected chi connectivity index (χ0v) is 12.2. The van der Waals surface area contributed by atoms with Gasteiger partial charge in [0.15, 0.2) is 0 Å². The van der Waals surface area contributed by atoms with E-state index in [0.29, 0.717) is 6.10 Å². The minimum Gasteiger partial charge on any atom is -0.379 e. The van der Waals surface area contributed by atoms with Gasteiger partial charge in [-0.1, -0.05) is 33.6 Å². The molecule has 0 radical (unpaired) electrons. The van der Waals surface area contributed by atoms with Crippen molar-refractivity contribution in [2.45, 2.75) is 53.1 Å². The van der Waals surface area contributed by atoms with E-state index in [1.165, 1.54) is 25.8 Å². The SMILES string of the molecule is CC.CCCCCN1CCO[C@H](COCC)C1. The van der Waals surface area contributed by atoms with Crippen LogP contribution in [0.4, 0.5) is 0 Å². The second-order valence-electron chi connectivity index (χ2n) is 4.16. The molecule has 1 aliphatic rings. The molecule has 1 rings (SSSR count). The third kappa shape index (κ3) is 8.58. The summed E-state index contributed by atoms with van der Waals surface area (Å²) in [5, 5.41) is 0. The standard InChI is InChI=1S/C12H25NO2.C2H6/c1-3-5-6-7-13-8-9-15-12(10-13)11-14-4-2;1-2/h12H,3-11H2,1-2H3;1-2H3/t12-;/m0./s1. The summed E-state index contributed by atoms with van der Waals surface area (Å²) in [6.07, 6.45) is 4.25. The molecule has 104 valence electrons. The van der Waals surface area contributed by atoms with Crippen molar-refractivity contribution in [2.75, 3.05) is 39.5 Å². The van der Waals surface area contributed by atoms with Gasteiger partial charge in [0.05, 0.1) is 19.3 Å². The maximum Gasteiger partial charge on any atom is 0.0935 e. The molecule has 0 saturated carbocycles. The summed E-state index contributed by atoms with van der Waals surface area (Å²) in [7, 11) is 0. The van der Waals surface area contributed by atoms with E-state index >= 15 is 0 Å². The zero-order valence-electron chi connectivity index (χ0n) is 12.2. The summed E-state index contributed by atoms with van der Waals surface area (Å²) in [6, 6.07) is 0. The average Bonchev–Trinajstić information content (AvgIpc) is 2.40. The van der Waals surface area contributed by atoms with Gasteiger partial charge in [-0.2, -0.15) is 0 Å². The molecule has 1 aliphatic heterocycles. The maximum absolute atomic E-state index is 5.65. The second kappa shape index (κ2) is 12.3. The summed E-state index contributed by atoms with van der Waals surface area (Å²) in [6.45, 7) is 14.0. The monoisotopic (exact) mass is 245 g/mol. The highest BCUT2D eigenvalue weighted by molar-refractivity contribution is 4.70. The number of hydrogen-bond acceptors (Lipinski definition) is 3. The van der Waals surface area contributed by atoms with Gasteiger partial charge in [-0.05, 0) is 19.9 Å². The molecular weight excluding hydrogens is 214 g/mol. The highest BCUT2D eigenvalue weighted by atomic mass is 16.5. The Morgan fingerprint density at radius 1 is 1.24 bits per heavy atom. The Hall–Kier alpha value is -0.120. The Bertz CT molecular complexity index is 153. The number of morpholine rings is 1. The Morgan fingerprint density at radius 2 is 2.00 bits per heavy atom. The predicted molar refractivity (Wildman–Crippen MR) is 73.5 cm³/mol. The van der Waals surface area contributed by atoms with Gasteiger partial charge in [-0.15, -0.1) is 0 Å². The van der Waals surface area contributed by atoms with Gasteiger partial charge < -0.3 is 9.47 Å². The quantitative estimate of drug-likeness (QED) is 0.644. The van der Waals surface area contributed by atoms with Crippen LogP contribution in [0.2, 0.25) is 0 Å². The lowest BCUT2D eigenvalue weighted by Crippen LogP contribution is -2.44. The second-order valence-corrected chi connectivity index (χ2v) is 4.16. The molecule has 0 amide bonds. The summed E-state index contributed by atoms with van der Waals surface area (Å²) in [4.78, 5) is 2.50. The fraction of sp³-hybridized carbons (Fsp3) is 1.00. The van der Waals surface area contributed by atoms with Crippen molar-refractivity contribution in [1.82, 2.24) is 4.90 Å². The van der Waals surface area contributed by atoms with Gasteiger partial charge >= 0.3 is 0 Å². The minimum absolute atomic E-state index is 0.292. The smallest absolute Gasteiger partial charge is 0.0935 e. The Balaban J connectivity index is 0.00000121. The Morgan fingerprint density at radius 3 is 2.65 bits per heavy atom.